The van der Waals surface area contributed by atoms with Gasteiger partial charge in [0.2, 0.25) is 0 Å². The molecule has 0 N–H and O–H groups in total. The molecule has 0 spiro atoms. The van der Waals surface area contributed by atoms with Crippen molar-refractivity contribution in [1.82, 2.24) is 4.98 Å². The molecule has 2 aromatic carbocycles. The fraction of sp³-hybridized carbons (Fsp3) is 0. The average molecular weight is 259 g/mol. The molecule has 0 aliphatic carbocycles. The molecule has 0 radical (unpaired) electrons. The first-order valence-corrected chi connectivity index (χ1v) is 6.46. The second kappa shape index (κ2) is 5.49. The maximum Gasteiger partial charge on any atom is 0.188 e. The van der Waals surface area contributed by atoms with Crippen LogP contribution in [-0.4, -0.2) is 10.8 Å². The molecule has 20 heavy (non-hydrogen) atoms. The number of benzene rings is 2. The number of fused-ring (bicyclic) bond motifs is 1. The van der Waals surface area contributed by atoms with Crippen LogP contribution in [0.3, 0.4) is 0 Å². The number of hydrogen-bond acceptors (Lipinski definition) is 2. The van der Waals surface area contributed by atoms with Gasteiger partial charge in [0.05, 0.1) is 5.52 Å². The van der Waals surface area contributed by atoms with Gasteiger partial charge in [-0.05, 0) is 23.8 Å². The number of ketones is 1. The lowest BCUT2D eigenvalue weighted by Crippen LogP contribution is -1.96. The van der Waals surface area contributed by atoms with E-state index < -0.39 is 0 Å². The number of pyridine rings is 1. The first-order valence-electron chi connectivity index (χ1n) is 6.46. The molecular formula is C18H13NO. The van der Waals surface area contributed by atoms with E-state index in [0.29, 0.717) is 5.56 Å². The molecule has 2 heteroatoms. The fourth-order valence-electron chi connectivity index (χ4n) is 2.13. The molecule has 1 aromatic heterocycles. The third-order valence-electron chi connectivity index (χ3n) is 3.12. The molecule has 0 saturated carbocycles. The number of hydrogen-bond donors (Lipinski definition) is 0. The number of carbonyl (C=O) groups excluding carboxylic acids is 1. The van der Waals surface area contributed by atoms with Crippen LogP contribution in [0.4, 0.5) is 0 Å². The van der Waals surface area contributed by atoms with E-state index in [9.17, 15) is 4.79 Å². The van der Waals surface area contributed by atoms with Gasteiger partial charge in [-0.2, -0.15) is 0 Å². The molecule has 2 nitrogen and oxygen atoms in total. The van der Waals surface area contributed by atoms with Gasteiger partial charge < -0.3 is 0 Å². The van der Waals surface area contributed by atoms with Crippen LogP contribution in [0.1, 0.15) is 15.9 Å². The van der Waals surface area contributed by atoms with Crippen molar-refractivity contribution in [3.8, 4) is 0 Å². The van der Waals surface area contributed by atoms with Crippen molar-refractivity contribution in [1.29, 1.82) is 0 Å². The fourth-order valence-corrected chi connectivity index (χ4v) is 2.13. The zero-order valence-corrected chi connectivity index (χ0v) is 10.9. The van der Waals surface area contributed by atoms with Crippen LogP contribution in [0, 0.1) is 0 Å². The monoisotopic (exact) mass is 259 g/mol. The predicted molar refractivity (Wildman–Crippen MR) is 81.5 cm³/mol. The zero-order chi connectivity index (χ0) is 13.8. The van der Waals surface area contributed by atoms with Crippen LogP contribution < -0.4 is 0 Å². The maximum atomic E-state index is 12.3. The summed E-state index contributed by atoms with van der Waals surface area (Å²) in [4.78, 5) is 16.6. The Balaban J connectivity index is 1.95. The van der Waals surface area contributed by atoms with E-state index in [0.717, 1.165) is 16.5 Å². The molecule has 0 unspecified atom stereocenters. The quantitative estimate of drug-likeness (QED) is 0.523. The molecule has 3 rings (SSSR count). The minimum Gasteiger partial charge on any atom is -0.289 e. The van der Waals surface area contributed by atoms with Crippen LogP contribution in [-0.2, 0) is 0 Å². The maximum absolute atomic E-state index is 12.3. The summed E-state index contributed by atoms with van der Waals surface area (Å²) in [6.45, 7) is 0. The molecule has 0 atom stereocenters. The standard InChI is InChI=1S/C18H13NO/c20-17(12-11-14-6-2-1-3-7-14)16-10-4-8-15-9-5-13-19-18(15)16/h1-13H. The first-order chi connectivity index (χ1) is 9.84. The third-order valence-corrected chi connectivity index (χ3v) is 3.12. The highest BCUT2D eigenvalue weighted by Gasteiger charge is 2.07. The molecule has 0 amide bonds. The highest BCUT2D eigenvalue weighted by atomic mass is 16.1. The van der Waals surface area contributed by atoms with E-state index in [4.69, 9.17) is 0 Å². The van der Waals surface area contributed by atoms with Gasteiger partial charge in [0.25, 0.3) is 0 Å². The van der Waals surface area contributed by atoms with Crippen molar-refractivity contribution >= 4 is 22.8 Å². The molecule has 0 aliphatic heterocycles. The summed E-state index contributed by atoms with van der Waals surface area (Å²) >= 11 is 0. The summed E-state index contributed by atoms with van der Waals surface area (Å²) in [6.07, 6.45) is 5.13. The Morgan fingerprint density at radius 3 is 2.55 bits per heavy atom. The molecular weight excluding hydrogens is 246 g/mol. The number of aromatic nitrogens is 1. The molecule has 0 fully saturated rings. The minimum atomic E-state index is -0.0295. The lowest BCUT2D eigenvalue weighted by Gasteiger charge is -2.01. The Hall–Kier alpha value is -2.74. The Morgan fingerprint density at radius 1 is 0.900 bits per heavy atom. The van der Waals surface area contributed by atoms with Crippen LogP contribution in [0.25, 0.3) is 17.0 Å². The summed E-state index contributed by atoms with van der Waals surface area (Å²) < 4.78 is 0. The van der Waals surface area contributed by atoms with E-state index >= 15 is 0 Å². The van der Waals surface area contributed by atoms with Gasteiger partial charge >= 0.3 is 0 Å². The predicted octanol–water partition coefficient (Wildman–Crippen LogP) is 4.13. The molecule has 3 aromatic rings. The van der Waals surface area contributed by atoms with E-state index in [1.807, 2.05) is 66.7 Å². The Labute approximate surface area is 117 Å². The number of nitrogens with zero attached hydrogens (tertiary/aromatic N) is 1. The highest BCUT2D eigenvalue weighted by Crippen LogP contribution is 2.17. The van der Waals surface area contributed by atoms with E-state index in [1.54, 1.807) is 12.3 Å². The van der Waals surface area contributed by atoms with Gasteiger partial charge in [0.1, 0.15) is 0 Å². The number of rotatable bonds is 3. The molecule has 96 valence electrons. The molecule has 0 saturated heterocycles. The average Bonchev–Trinajstić information content (AvgIpc) is 2.53. The van der Waals surface area contributed by atoms with Gasteiger partial charge in [-0.25, -0.2) is 0 Å². The van der Waals surface area contributed by atoms with Crippen LogP contribution >= 0.6 is 0 Å². The minimum absolute atomic E-state index is 0.0295. The summed E-state index contributed by atoms with van der Waals surface area (Å²) in [6, 6.07) is 19.3. The smallest absolute Gasteiger partial charge is 0.188 e. The number of carbonyl (C=O) groups is 1. The Kier molecular flexibility index (Phi) is 3.38. The largest absolute Gasteiger partial charge is 0.289 e. The number of allylic oxidation sites excluding steroid dienone is 1. The SMILES string of the molecule is O=C(C=Cc1ccccc1)c1cccc2cccnc12. The van der Waals surface area contributed by atoms with Gasteiger partial charge in [-0.1, -0.05) is 54.6 Å². The first kappa shape index (κ1) is 12.3. The zero-order valence-electron chi connectivity index (χ0n) is 10.9. The van der Waals surface area contributed by atoms with E-state index in [-0.39, 0.29) is 5.78 Å². The van der Waals surface area contributed by atoms with E-state index in [2.05, 4.69) is 4.98 Å². The van der Waals surface area contributed by atoms with Crippen LogP contribution in [0.2, 0.25) is 0 Å². The Morgan fingerprint density at radius 2 is 1.70 bits per heavy atom. The van der Waals surface area contributed by atoms with Crippen LogP contribution in [0.5, 0.6) is 0 Å². The van der Waals surface area contributed by atoms with Crippen molar-refractivity contribution in [2.24, 2.45) is 0 Å². The van der Waals surface area contributed by atoms with Gasteiger partial charge in [0, 0.05) is 17.1 Å². The van der Waals surface area contributed by atoms with E-state index in [1.165, 1.54) is 0 Å². The van der Waals surface area contributed by atoms with Crippen molar-refractivity contribution in [2.45, 2.75) is 0 Å². The van der Waals surface area contributed by atoms with Gasteiger partial charge in [-0.15, -0.1) is 0 Å². The molecule has 0 bridgehead atoms. The van der Waals surface area contributed by atoms with Crippen molar-refractivity contribution in [3.05, 3.63) is 84.1 Å². The topological polar surface area (TPSA) is 30.0 Å². The van der Waals surface area contributed by atoms with Gasteiger partial charge in [0.15, 0.2) is 5.78 Å². The van der Waals surface area contributed by atoms with Crippen molar-refractivity contribution < 1.29 is 4.79 Å². The summed E-state index contributed by atoms with van der Waals surface area (Å²) in [7, 11) is 0. The molecule has 1 heterocycles. The highest BCUT2D eigenvalue weighted by molar-refractivity contribution is 6.13. The van der Waals surface area contributed by atoms with Crippen molar-refractivity contribution in [3.63, 3.8) is 0 Å². The second-order valence-electron chi connectivity index (χ2n) is 4.49. The summed E-state index contributed by atoms with van der Waals surface area (Å²) in [5, 5.41) is 0.978. The number of para-hydroxylation sites is 1. The van der Waals surface area contributed by atoms with Crippen molar-refractivity contribution in [2.75, 3.05) is 0 Å². The van der Waals surface area contributed by atoms with Crippen LogP contribution in [0.15, 0.2) is 72.9 Å². The summed E-state index contributed by atoms with van der Waals surface area (Å²) in [5.41, 5.74) is 2.39. The Bertz CT molecular complexity index is 770. The van der Waals surface area contributed by atoms with Gasteiger partial charge in [-0.3, -0.25) is 9.78 Å². The lowest BCUT2D eigenvalue weighted by atomic mass is 10.0. The molecule has 0 aliphatic rings. The summed E-state index contributed by atoms with van der Waals surface area (Å²) in [5.74, 6) is -0.0295. The third kappa shape index (κ3) is 2.50. The second-order valence-corrected chi connectivity index (χ2v) is 4.49. The normalized spacial score (nSPS) is 11.0. The lowest BCUT2D eigenvalue weighted by molar-refractivity contribution is 0.104.